The molecule has 31 heavy (non-hydrogen) atoms. The maximum Gasteiger partial charge on any atom is 0.303 e. The summed E-state index contributed by atoms with van der Waals surface area (Å²) in [6.07, 6.45) is 3.45. The number of carbonyl (C=O) groups is 2. The van der Waals surface area contributed by atoms with Crippen molar-refractivity contribution < 1.29 is 23.3 Å². The maximum atomic E-state index is 12.5. The second-order valence-electron chi connectivity index (χ2n) is 7.63. The van der Waals surface area contributed by atoms with Gasteiger partial charge in [-0.05, 0) is 25.0 Å². The molecule has 0 spiro atoms. The van der Waals surface area contributed by atoms with E-state index in [1.165, 1.54) is 6.92 Å². The van der Waals surface area contributed by atoms with Crippen LogP contribution < -0.4 is 0 Å². The summed E-state index contributed by atoms with van der Waals surface area (Å²) in [7, 11) is 0. The Hall–Kier alpha value is -3.42. The van der Waals surface area contributed by atoms with E-state index in [9.17, 15) is 9.59 Å². The number of piperidine rings is 1. The van der Waals surface area contributed by atoms with Crippen LogP contribution in [0.3, 0.4) is 0 Å². The highest BCUT2D eigenvalue weighted by atomic mass is 16.6. The second-order valence-corrected chi connectivity index (χ2v) is 7.63. The molecule has 0 radical (unpaired) electrons. The first-order valence-corrected chi connectivity index (χ1v) is 10.5. The summed E-state index contributed by atoms with van der Waals surface area (Å²) in [6.45, 7) is 2.65. The third kappa shape index (κ3) is 5.20. The third-order valence-electron chi connectivity index (χ3n) is 5.45. The number of aromatic nitrogens is 2. The molecule has 162 valence electrons. The van der Waals surface area contributed by atoms with Crippen LogP contribution in [0.15, 0.2) is 57.7 Å². The Morgan fingerprint density at radius 1 is 1.16 bits per heavy atom. The number of hydrogen-bond acceptors (Lipinski definition) is 7. The van der Waals surface area contributed by atoms with Gasteiger partial charge in [0.2, 0.25) is 12.0 Å². The summed E-state index contributed by atoms with van der Waals surface area (Å²) >= 11 is 0. The molecular weight excluding hydrogens is 398 g/mol. The number of furan rings is 1. The summed E-state index contributed by atoms with van der Waals surface area (Å²) in [5.74, 6) is 1.47. The Morgan fingerprint density at radius 3 is 2.61 bits per heavy atom. The number of nitrogens with zero attached hydrogens (tertiary/aromatic N) is 3. The molecule has 1 aliphatic heterocycles. The largest absolute Gasteiger partial charge is 0.469 e. The number of ether oxygens (including phenoxy) is 1. The second kappa shape index (κ2) is 9.59. The minimum absolute atomic E-state index is 0.0976. The Kier molecular flexibility index (Phi) is 6.45. The van der Waals surface area contributed by atoms with Gasteiger partial charge in [-0.1, -0.05) is 35.5 Å². The van der Waals surface area contributed by atoms with Crippen molar-refractivity contribution in [2.75, 3.05) is 13.1 Å². The fraction of sp³-hybridized carbons (Fsp3) is 0.391. The molecule has 0 saturated carbocycles. The molecule has 0 aliphatic carbocycles. The highest BCUT2D eigenvalue weighted by Crippen LogP contribution is 2.30. The summed E-state index contributed by atoms with van der Waals surface area (Å²) < 4.78 is 16.2. The minimum atomic E-state index is -0.733. The number of esters is 1. The molecule has 0 N–H and O–H groups in total. The Labute approximate surface area is 180 Å². The van der Waals surface area contributed by atoms with Gasteiger partial charge in [0.1, 0.15) is 5.76 Å². The van der Waals surface area contributed by atoms with Crippen LogP contribution in [0.4, 0.5) is 0 Å². The molecule has 0 bridgehead atoms. The number of aryl methyl sites for hydroxylation is 1. The van der Waals surface area contributed by atoms with Crippen LogP contribution in [-0.4, -0.2) is 40.0 Å². The van der Waals surface area contributed by atoms with Crippen molar-refractivity contribution in [1.29, 1.82) is 0 Å². The van der Waals surface area contributed by atoms with Gasteiger partial charge in [0.25, 0.3) is 5.89 Å². The van der Waals surface area contributed by atoms with Gasteiger partial charge in [-0.2, -0.15) is 4.98 Å². The van der Waals surface area contributed by atoms with E-state index in [0.717, 1.165) is 24.2 Å². The molecule has 1 saturated heterocycles. The van der Waals surface area contributed by atoms with Crippen LogP contribution >= 0.6 is 0 Å². The molecule has 1 unspecified atom stereocenters. The van der Waals surface area contributed by atoms with Gasteiger partial charge in [-0.25, -0.2) is 0 Å². The van der Waals surface area contributed by atoms with E-state index >= 15 is 0 Å². The first kappa shape index (κ1) is 20.8. The lowest BCUT2D eigenvalue weighted by Crippen LogP contribution is -2.38. The van der Waals surface area contributed by atoms with Crippen molar-refractivity contribution in [3.05, 3.63) is 71.8 Å². The fourth-order valence-corrected chi connectivity index (χ4v) is 3.80. The normalized spacial score (nSPS) is 15.6. The number of carbonyl (C=O) groups excluding carboxylic acids is 2. The Balaban J connectivity index is 1.36. The van der Waals surface area contributed by atoms with Crippen LogP contribution in [0.1, 0.15) is 61.2 Å². The average molecular weight is 423 g/mol. The molecule has 3 heterocycles. The van der Waals surface area contributed by atoms with Gasteiger partial charge < -0.3 is 18.6 Å². The SMILES string of the molecule is CC(=O)OC(c1ccccc1)c1nc(C2CCN(C(=O)CCc3ccco3)CC2)no1. The van der Waals surface area contributed by atoms with E-state index in [2.05, 4.69) is 10.1 Å². The van der Waals surface area contributed by atoms with Crippen molar-refractivity contribution in [1.82, 2.24) is 15.0 Å². The standard InChI is InChI=1S/C23H25N3O5/c1-16(27)30-21(17-6-3-2-4-7-17)23-24-22(25-31-23)18-11-13-26(14-12-18)20(28)10-9-19-8-5-15-29-19/h2-8,15,18,21H,9-14H2,1H3. The molecule has 4 rings (SSSR count). The molecule has 8 nitrogen and oxygen atoms in total. The van der Waals surface area contributed by atoms with Gasteiger partial charge in [-0.3, -0.25) is 9.59 Å². The van der Waals surface area contributed by atoms with Crippen molar-refractivity contribution >= 4 is 11.9 Å². The lowest BCUT2D eigenvalue weighted by molar-refractivity contribution is -0.145. The van der Waals surface area contributed by atoms with Gasteiger partial charge >= 0.3 is 5.97 Å². The lowest BCUT2D eigenvalue weighted by atomic mass is 9.96. The zero-order valence-corrected chi connectivity index (χ0v) is 17.4. The molecule has 1 aliphatic rings. The predicted octanol–water partition coefficient (Wildman–Crippen LogP) is 3.65. The molecule has 1 fully saturated rings. The Morgan fingerprint density at radius 2 is 1.94 bits per heavy atom. The first-order valence-electron chi connectivity index (χ1n) is 10.5. The first-order chi connectivity index (χ1) is 15.1. The third-order valence-corrected chi connectivity index (χ3v) is 5.45. The molecule has 8 heteroatoms. The van der Waals surface area contributed by atoms with Gasteiger partial charge in [-0.15, -0.1) is 0 Å². The van der Waals surface area contributed by atoms with Crippen molar-refractivity contribution in [3.8, 4) is 0 Å². The van der Waals surface area contributed by atoms with E-state index in [1.807, 2.05) is 47.4 Å². The number of likely N-dealkylation sites (tertiary alicyclic amines) is 1. The number of benzene rings is 1. The van der Waals surface area contributed by atoms with E-state index in [-0.39, 0.29) is 17.7 Å². The van der Waals surface area contributed by atoms with Crippen LogP contribution in [-0.2, 0) is 20.7 Å². The summed E-state index contributed by atoms with van der Waals surface area (Å²) in [5, 5.41) is 4.14. The van der Waals surface area contributed by atoms with Crippen LogP contribution in [0.5, 0.6) is 0 Å². The summed E-state index contributed by atoms with van der Waals surface area (Å²) in [5.41, 5.74) is 0.768. The van der Waals surface area contributed by atoms with Crippen molar-refractivity contribution in [2.45, 2.75) is 44.6 Å². The van der Waals surface area contributed by atoms with Crippen molar-refractivity contribution in [2.24, 2.45) is 0 Å². The van der Waals surface area contributed by atoms with E-state index in [4.69, 9.17) is 13.7 Å². The van der Waals surface area contributed by atoms with Crippen LogP contribution in [0.25, 0.3) is 0 Å². The molecule has 2 aromatic heterocycles. The zero-order valence-electron chi connectivity index (χ0n) is 17.4. The van der Waals surface area contributed by atoms with E-state index in [1.54, 1.807) is 6.26 Å². The highest BCUT2D eigenvalue weighted by molar-refractivity contribution is 5.76. The Bertz CT molecular complexity index is 991. The molecule has 3 aromatic rings. The van der Waals surface area contributed by atoms with Gasteiger partial charge in [0.05, 0.1) is 6.26 Å². The zero-order chi connectivity index (χ0) is 21.6. The number of rotatable bonds is 7. The molecule has 1 aromatic carbocycles. The molecule has 1 amide bonds. The van der Waals surface area contributed by atoms with E-state index < -0.39 is 12.1 Å². The maximum absolute atomic E-state index is 12.5. The fourth-order valence-electron chi connectivity index (χ4n) is 3.80. The molecule has 1 atom stereocenters. The minimum Gasteiger partial charge on any atom is -0.469 e. The number of hydrogen-bond donors (Lipinski definition) is 0. The lowest BCUT2D eigenvalue weighted by Gasteiger charge is -2.30. The predicted molar refractivity (Wildman–Crippen MR) is 110 cm³/mol. The topological polar surface area (TPSA) is 98.7 Å². The number of amides is 1. The van der Waals surface area contributed by atoms with Crippen LogP contribution in [0.2, 0.25) is 0 Å². The molecular formula is C23H25N3O5. The van der Waals surface area contributed by atoms with Crippen molar-refractivity contribution in [3.63, 3.8) is 0 Å². The quantitative estimate of drug-likeness (QED) is 0.535. The smallest absolute Gasteiger partial charge is 0.303 e. The summed E-state index contributed by atoms with van der Waals surface area (Å²) in [6, 6.07) is 13.0. The van der Waals surface area contributed by atoms with Crippen LogP contribution in [0, 0.1) is 0 Å². The monoisotopic (exact) mass is 423 g/mol. The highest BCUT2D eigenvalue weighted by Gasteiger charge is 2.30. The van der Waals surface area contributed by atoms with E-state index in [0.29, 0.717) is 31.8 Å². The average Bonchev–Trinajstić information content (AvgIpc) is 3.49. The van der Waals surface area contributed by atoms with Gasteiger partial charge in [0.15, 0.2) is 5.82 Å². The van der Waals surface area contributed by atoms with Gasteiger partial charge in [0, 0.05) is 44.3 Å². The summed E-state index contributed by atoms with van der Waals surface area (Å²) in [4.78, 5) is 30.5.